The summed E-state index contributed by atoms with van der Waals surface area (Å²) in [4.78, 5) is 22.7. The van der Waals surface area contributed by atoms with Crippen LogP contribution in [0.15, 0.2) is 53.8 Å². The first kappa shape index (κ1) is 23.6. The molecule has 1 aromatic carbocycles. The standard InChI is InChI=1S/C22H31ClN6O/c1-4-29(5-2)20(18-10-6-7-11-19(18)23)16-28-22(24-3)27-14-13-26-21(30)17-9-8-12-25-15-17/h6-12,15,20H,4-5,13-14,16H2,1-3H3,(H,26,30)(H2,24,27,28). The molecule has 8 heteroatoms. The zero-order valence-electron chi connectivity index (χ0n) is 17.9. The molecule has 0 saturated heterocycles. The predicted octanol–water partition coefficient (Wildman–Crippen LogP) is 2.71. The zero-order valence-corrected chi connectivity index (χ0v) is 18.6. The third-order valence-electron chi connectivity index (χ3n) is 4.83. The molecule has 162 valence electrons. The summed E-state index contributed by atoms with van der Waals surface area (Å²) in [5.74, 6) is 0.531. The first-order chi connectivity index (χ1) is 14.6. The van der Waals surface area contributed by atoms with Crippen molar-refractivity contribution in [2.45, 2.75) is 19.9 Å². The van der Waals surface area contributed by atoms with Gasteiger partial charge in [0, 0.05) is 44.1 Å². The number of aromatic nitrogens is 1. The number of rotatable bonds is 10. The molecule has 0 spiro atoms. The van der Waals surface area contributed by atoms with E-state index in [1.165, 1.54) is 0 Å². The van der Waals surface area contributed by atoms with Crippen molar-refractivity contribution in [3.8, 4) is 0 Å². The fourth-order valence-corrected chi connectivity index (χ4v) is 3.48. The van der Waals surface area contributed by atoms with E-state index in [-0.39, 0.29) is 11.9 Å². The first-order valence-corrected chi connectivity index (χ1v) is 10.6. The summed E-state index contributed by atoms with van der Waals surface area (Å²) in [5.41, 5.74) is 1.64. The van der Waals surface area contributed by atoms with E-state index in [9.17, 15) is 4.79 Å². The van der Waals surface area contributed by atoms with Gasteiger partial charge in [0.1, 0.15) is 0 Å². The number of carbonyl (C=O) groups is 1. The summed E-state index contributed by atoms with van der Waals surface area (Å²) in [5, 5.41) is 10.2. The number of hydrogen-bond donors (Lipinski definition) is 3. The molecule has 0 saturated carbocycles. The molecule has 2 aromatic rings. The summed E-state index contributed by atoms with van der Waals surface area (Å²) >= 11 is 6.46. The average molecular weight is 431 g/mol. The summed E-state index contributed by atoms with van der Waals surface area (Å²) in [6.45, 7) is 7.80. The molecule has 7 nitrogen and oxygen atoms in total. The zero-order chi connectivity index (χ0) is 21.8. The van der Waals surface area contributed by atoms with Crippen molar-refractivity contribution in [1.29, 1.82) is 0 Å². The van der Waals surface area contributed by atoms with Crippen LogP contribution in [0.3, 0.4) is 0 Å². The number of likely N-dealkylation sites (N-methyl/N-ethyl adjacent to an activating group) is 1. The molecule has 3 N–H and O–H groups in total. The van der Waals surface area contributed by atoms with Crippen LogP contribution in [0.1, 0.15) is 35.8 Å². The lowest BCUT2D eigenvalue weighted by molar-refractivity contribution is 0.0954. The minimum atomic E-state index is -0.145. The van der Waals surface area contributed by atoms with Crippen molar-refractivity contribution in [1.82, 2.24) is 25.8 Å². The van der Waals surface area contributed by atoms with Gasteiger partial charge in [0.05, 0.1) is 11.6 Å². The molecule has 0 aliphatic carbocycles. The molecule has 1 amide bonds. The normalized spacial score (nSPS) is 12.5. The Balaban J connectivity index is 1.87. The topological polar surface area (TPSA) is 81.6 Å². The summed E-state index contributed by atoms with van der Waals surface area (Å²) < 4.78 is 0. The minimum absolute atomic E-state index is 0.123. The predicted molar refractivity (Wildman–Crippen MR) is 123 cm³/mol. The molecule has 0 fully saturated rings. The molecule has 2 rings (SSSR count). The monoisotopic (exact) mass is 430 g/mol. The lowest BCUT2D eigenvalue weighted by atomic mass is 10.0. The minimum Gasteiger partial charge on any atom is -0.355 e. The average Bonchev–Trinajstić information content (AvgIpc) is 2.78. The highest BCUT2D eigenvalue weighted by molar-refractivity contribution is 6.31. The highest BCUT2D eigenvalue weighted by Gasteiger charge is 2.20. The lowest BCUT2D eigenvalue weighted by Gasteiger charge is -2.31. The largest absolute Gasteiger partial charge is 0.355 e. The highest BCUT2D eigenvalue weighted by atomic mass is 35.5. The Hall–Kier alpha value is -2.64. The molecular weight excluding hydrogens is 400 g/mol. The molecule has 0 aliphatic rings. The van der Waals surface area contributed by atoms with Gasteiger partial charge in [0.2, 0.25) is 0 Å². The maximum atomic E-state index is 12.1. The smallest absolute Gasteiger partial charge is 0.252 e. The van der Waals surface area contributed by atoms with Gasteiger partial charge in [-0.2, -0.15) is 0 Å². The number of aliphatic imine (C=N–C) groups is 1. The maximum absolute atomic E-state index is 12.1. The maximum Gasteiger partial charge on any atom is 0.252 e. The van der Waals surface area contributed by atoms with Crippen LogP contribution >= 0.6 is 11.6 Å². The van der Waals surface area contributed by atoms with Gasteiger partial charge in [-0.25, -0.2) is 0 Å². The summed E-state index contributed by atoms with van der Waals surface area (Å²) in [7, 11) is 1.73. The van der Waals surface area contributed by atoms with Gasteiger partial charge in [-0.05, 0) is 36.9 Å². The number of nitrogens with one attached hydrogen (secondary N) is 3. The van der Waals surface area contributed by atoms with E-state index >= 15 is 0 Å². The van der Waals surface area contributed by atoms with Crippen LogP contribution in [-0.4, -0.2) is 61.5 Å². The lowest BCUT2D eigenvalue weighted by Crippen LogP contribution is -2.45. The molecule has 30 heavy (non-hydrogen) atoms. The van der Waals surface area contributed by atoms with Crippen LogP contribution < -0.4 is 16.0 Å². The Morgan fingerprint density at radius 2 is 1.83 bits per heavy atom. The van der Waals surface area contributed by atoms with E-state index in [4.69, 9.17) is 11.6 Å². The van der Waals surface area contributed by atoms with Crippen LogP contribution in [0, 0.1) is 0 Å². The van der Waals surface area contributed by atoms with E-state index < -0.39 is 0 Å². The van der Waals surface area contributed by atoms with Gasteiger partial charge < -0.3 is 16.0 Å². The molecular formula is C22H31ClN6O. The quantitative estimate of drug-likeness (QED) is 0.307. The molecule has 1 heterocycles. The van der Waals surface area contributed by atoms with Crippen LogP contribution in [0.4, 0.5) is 0 Å². The van der Waals surface area contributed by atoms with E-state index in [1.807, 2.05) is 18.2 Å². The fourth-order valence-electron chi connectivity index (χ4n) is 3.22. The number of pyridine rings is 1. The number of guanidine groups is 1. The van der Waals surface area contributed by atoms with E-state index in [2.05, 4.69) is 50.7 Å². The van der Waals surface area contributed by atoms with E-state index in [0.717, 1.165) is 23.7 Å². The van der Waals surface area contributed by atoms with Gasteiger partial charge in [-0.15, -0.1) is 0 Å². The van der Waals surface area contributed by atoms with Crippen molar-refractivity contribution in [3.63, 3.8) is 0 Å². The Morgan fingerprint density at radius 3 is 2.47 bits per heavy atom. The number of hydrogen-bond acceptors (Lipinski definition) is 4. The Morgan fingerprint density at radius 1 is 1.10 bits per heavy atom. The molecule has 0 aliphatic heterocycles. The van der Waals surface area contributed by atoms with Gasteiger partial charge in [0.25, 0.3) is 5.91 Å². The van der Waals surface area contributed by atoms with Crippen molar-refractivity contribution in [3.05, 3.63) is 64.9 Å². The van der Waals surface area contributed by atoms with Crippen molar-refractivity contribution in [2.75, 3.05) is 39.8 Å². The SMILES string of the molecule is CCN(CC)C(CNC(=NC)NCCNC(=O)c1cccnc1)c1ccccc1Cl. The first-order valence-electron chi connectivity index (χ1n) is 10.2. The molecule has 1 unspecified atom stereocenters. The van der Waals surface area contributed by atoms with Crippen molar-refractivity contribution >= 4 is 23.5 Å². The second-order valence-electron chi connectivity index (χ2n) is 6.64. The Labute approximate surface area is 183 Å². The number of benzene rings is 1. The third-order valence-corrected chi connectivity index (χ3v) is 5.17. The van der Waals surface area contributed by atoms with Crippen molar-refractivity contribution in [2.24, 2.45) is 4.99 Å². The Bertz CT molecular complexity index is 810. The van der Waals surface area contributed by atoms with Gasteiger partial charge in [-0.3, -0.25) is 19.7 Å². The number of halogens is 1. The second-order valence-corrected chi connectivity index (χ2v) is 7.04. The molecule has 0 radical (unpaired) electrons. The molecule has 1 aromatic heterocycles. The van der Waals surface area contributed by atoms with Crippen LogP contribution in [-0.2, 0) is 0 Å². The highest BCUT2D eigenvalue weighted by Crippen LogP contribution is 2.26. The molecule has 0 bridgehead atoms. The summed E-state index contributed by atoms with van der Waals surface area (Å²) in [6.07, 6.45) is 3.19. The number of nitrogens with zero attached hydrogens (tertiary/aromatic N) is 3. The fraction of sp³-hybridized carbons (Fsp3) is 0.409. The van der Waals surface area contributed by atoms with Crippen molar-refractivity contribution < 1.29 is 4.79 Å². The van der Waals surface area contributed by atoms with Gasteiger partial charge in [0.15, 0.2) is 5.96 Å². The van der Waals surface area contributed by atoms with E-state index in [0.29, 0.717) is 31.2 Å². The second kappa shape index (κ2) is 12.8. The van der Waals surface area contributed by atoms with Gasteiger partial charge in [-0.1, -0.05) is 43.6 Å². The van der Waals surface area contributed by atoms with Gasteiger partial charge >= 0.3 is 0 Å². The van der Waals surface area contributed by atoms with Crippen LogP contribution in [0.5, 0.6) is 0 Å². The van der Waals surface area contributed by atoms with E-state index in [1.54, 1.807) is 31.6 Å². The van der Waals surface area contributed by atoms with Crippen LogP contribution in [0.2, 0.25) is 5.02 Å². The summed E-state index contributed by atoms with van der Waals surface area (Å²) in [6, 6.07) is 11.5. The number of amides is 1. The Kier molecular flexibility index (Phi) is 10.1. The van der Waals surface area contributed by atoms with Crippen LogP contribution in [0.25, 0.3) is 0 Å². The third kappa shape index (κ3) is 7.00. The molecule has 1 atom stereocenters. The number of carbonyl (C=O) groups excluding carboxylic acids is 1.